The van der Waals surface area contributed by atoms with E-state index in [1.54, 1.807) is 6.20 Å². The van der Waals surface area contributed by atoms with Crippen LogP contribution in [0.4, 0.5) is 5.13 Å². The summed E-state index contributed by atoms with van der Waals surface area (Å²) in [6.07, 6.45) is 1.85. The van der Waals surface area contributed by atoms with Crippen molar-refractivity contribution >= 4 is 33.2 Å². The van der Waals surface area contributed by atoms with Gasteiger partial charge in [-0.3, -0.25) is 4.79 Å². The number of carboxylic acids is 1. The van der Waals surface area contributed by atoms with Gasteiger partial charge < -0.3 is 10.0 Å². The molecule has 0 radical (unpaired) electrons. The number of fused-ring (bicyclic) bond motifs is 1. The Morgan fingerprint density at radius 1 is 1.18 bits per heavy atom. The topological polar surface area (TPSA) is 53.4 Å². The molecule has 1 N–H and O–H groups in total. The van der Waals surface area contributed by atoms with Crippen LogP contribution in [0.5, 0.6) is 0 Å². The van der Waals surface area contributed by atoms with Gasteiger partial charge in [0, 0.05) is 24.7 Å². The Balaban J connectivity index is 1.90. The van der Waals surface area contributed by atoms with E-state index < -0.39 is 5.97 Å². The van der Waals surface area contributed by atoms with Crippen molar-refractivity contribution in [3.05, 3.63) is 59.6 Å². The number of aliphatic carboxylic acids is 1. The third kappa shape index (κ3) is 3.26. The minimum absolute atomic E-state index is 0.102. The summed E-state index contributed by atoms with van der Waals surface area (Å²) in [7, 11) is 0. The highest BCUT2D eigenvalue weighted by Crippen LogP contribution is 2.24. The lowest BCUT2D eigenvalue weighted by Gasteiger charge is -2.22. The maximum Gasteiger partial charge on any atom is 0.305 e. The second kappa shape index (κ2) is 6.58. The SMILES string of the molecule is O=C(O)CCN(Cc1cccc2ccccc12)c1nccs1. The smallest absolute Gasteiger partial charge is 0.305 e. The van der Waals surface area contributed by atoms with Crippen LogP contribution in [0.25, 0.3) is 10.8 Å². The van der Waals surface area contributed by atoms with Crippen molar-refractivity contribution in [1.29, 1.82) is 0 Å². The molecule has 0 unspecified atom stereocenters. The van der Waals surface area contributed by atoms with E-state index in [1.165, 1.54) is 27.7 Å². The van der Waals surface area contributed by atoms with Gasteiger partial charge in [-0.2, -0.15) is 0 Å². The van der Waals surface area contributed by atoms with Crippen LogP contribution in [0.3, 0.4) is 0 Å². The molecule has 4 nitrogen and oxygen atoms in total. The van der Waals surface area contributed by atoms with Crippen molar-refractivity contribution in [3.63, 3.8) is 0 Å². The molecule has 0 saturated carbocycles. The summed E-state index contributed by atoms with van der Waals surface area (Å²) in [5, 5.41) is 14.1. The van der Waals surface area contributed by atoms with Crippen LogP contribution < -0.4 is 4.90 Å². The monoisotopic (exact) mass is 312 g/mol. The summed E-state index contributed by atoms with van der Waals surface area (Å²) >= 11 is 1.53. The number of carbonyl (C=O) groups is 1. The largest absolute Gasteiger partial charge is 0.481 e. The average molecular weight is 312 g/mol. The molecular formula is C17H16N2O2S. The van der Waals surface area contributed by atoms with E-state index in [1.807, 2.05) is 28.5 Å². The fourth-order valence-electron chi connectivity index (χ4n) is 2.48. The highest BCUT2D eigenvalue weighted by molar-refractivity contribution is 7.13. The van der Waals surface area contributed by atoms with Crippen LogP contribution in [0.1, 0.15) is 12.0 Å². The third-order valence-corrected chi connectivity index (χ3v) is 4.36. The van der Waals surface area contributed by atoms with Gasteiger partial charge in [-0.1, -0.05) is 42.5 Å². The van der Waals surface area contributed by atoms with E-state index in [0.717, 1.165) is 5.13 Å². The molecule has 3 aromatic rings. The molecule has 1 heterocycles. The maximum atomic E-state index is 10.9. The zero-order valence-corrected chi connectivity index (χ0v) is 12.8. The van der Waals surface area contributed by atoms with Gasteiger partial charge >= 0.3 is 5.97 Å². The maximum absolute atomic E-state index is 10.9. The summed E-state index contributed by atoms with van der Waals surface area (Å²) in [5.41, 5.74) is 1.18. The molecule has 0 atom stereocenters. The van der Waals surface area contributed by atoms with Gasteiger partial charge in [0.15, 0.2) is 5.13 Å². The molecule has 3 rings (SSSR count). The van der Waals surface area contributed by atoms with Gasteiger partial charge in [0.2, 0.25) is 0 Å². The van der Waals surface area contributed by atoms with Gasteiger partial charge in [-0.15, -0.1) is 11.3 Å². The normalized spacial score (nSPS) is 10.7. The van der Waals surface area contributed by atoms with Crippen molar-refractivity contribution in [1.82, 2.24) is 4.98 Å². The predicted molar refractivity (Wildman–Crippen MR) is 89.4 cm³/mol. The average Bonchev–Trinajstić information content (AvgIpc) is 3.05. The zero-order chi connectivity index (χ0) is 15.4. The molecule has 0 saturated heterocycles. The molecule has 0 amide bonds. The predicted octanol–water partition coefficient (Wildman–Crippen LogP) is 3.78. The van der Waals surface area contributed by atoms with Crippen LogP contribution >= 0.6 is 11.3 Å². The lowest BCUT2D eigenvalue weighted by Crippen LogP contribution is -2.25. The Hall–Kier alpha value is -2.40. The fraction of sp³-hybridized carbons (Fsp3) is 0.176. The first-order valence-electron chi connectivity index (χ1n) is 7.07. The van der Waals surface area contributed by atoms with Crippen molar-refractivity contribution in [3.8, 4) is 0 Å². The molecule has 0 aliphatic heterocycles. The number of carboxylic acid groups (broad SMARTS) is 1. The summed E-state index contributed by atoms with van der Waals surface area (Å²) in [4.78, 5) is 17.2. The van der Waals surface area contributed by atoms with E-state index in [-0.39, 0.29) is 6.42 Å². The Morgan fingerprint density at radius 2 is 2.00 bits per heavy atom. The van der Waals surface area contributed by atoms with E-state index in [9.17, 15) is 4.79 Å². The minimum atomic E-state index is -0.792. The molecule has 0 bridgehead atoms. The van der Waals surface area contributed by atoms with Crippen molar-refractivity contribution in [2.45, 2.75) is 13.0 Å². The zero-order valence-electron chi connectivity index (χ0n) is 12.0. The number of benzene rings is 2. The molecule has 0 aliphatic rings. The molecule has 1 aromatic heterocycles. The lowest BCUT2D eigenvalue weighted by molar-refractivity contribution is -0.136. The number of nitrogens with zero attached hydrogens (tertiary/aromatic N) is 2. The van der Waals surface area contributed by atoms with Crippen LogP contribution in [-0.4, -0.2) is 22.6 Å². The second-order valence-electron chi connectivity index (χ2n) is 5.02. The number of rotatable bonds is 6. The van der Waals surface area contributed by atoms with E-state index >= 15 is 0 Å². The number of aromatic nitrogens is 1. The molecule has 5 heteroatoms. The Morgan fingerprint density at radius 3 is 2.77 bits per heavy atom. The third-order valence-electron chi connectivity index (χ3n) is 3.53. The summed E-state index contributed by atoms with van der Waals surface area (Å²) < 4.78 is 0. The highest BCUT2D eigenvalue weighted by Gasteiger charge is 2.13. The number of hydrogen-bond donors (Lipinski definition) is 1. The molecule has 0 spiro atoms. The van der Waals surface area contributed by atoms with Crippen LogP contribution in [0.15, 0.2) is 54.0 Å². The second-order valence-corrected chi connectivity index (χ2v) is 5.89. The number of anilines is 1. The van der Waals surface area contributed by atoms with Crippen LogP contribution in [-0.2, 0) is 11.3 Å². The van der Waals surface area contributed by atoms with Crippen molar-refractivity contribution < 1.29 is 9.90 Å². The van der Waals surface area contributed by atoms with E-state index in [4.69, 9.17) is 5.11 Å². The first-order chi connectivity index (χ1) is 10.7. The summed E-state index contributed by atoms with van der Waals surface area (Å²) in [5.74, 6) is -0.792. The van der Waals surface area contributed by atoms with Crippen molar-refractivity contribution in [2.24, 2.45) is 0 Å². The van der Waals surface area contributed by atoms with Gasteiger partial charge in [-0.25, -0.2) is 4.98 Å². The van der Waals surface area contributed by atoms with Crippen molar-refractivity contribution in [2.75, 3.05) is 11.4 Å². The summed E-state index contributed by atoms with van der Waals surface area (Å²) in [6, 6.07) is 14.4. The fourth-order valence-corrected chi connectivity index (χ4v) is 3.15. The Labute approximate surface area is 132 Å². The molecule has 0 aliphatic carbocycles. The molecule has 22 heavy (non-hydrogen) atoms. The van der Waals surface area contributed by atoms with E-state index in [0.29, 0.717) is 13.1 Å². The van der Waals surface area contributed by atoms with Crippen LogP contribution in [0.2, 0.25) is 0 Å². The number of hydrogen-bond acceptors (Lipinski definition) is 4. The van der Waals surface area contributed by atoms with E-state index in [2.05, 4.69) is 29.2 Å². The van der Waals surface area contributed by atoms with Gasteiger partial charge in [-0.05, 0) is 16.3 Å². The first-order valence-corrected chi connectivity index (χ1v) is 7.95. The van der Waals surface area contributed by atoms with Gasteiger partial charge in [0.05, 0.1) is 6.42 Å². The highest BCUT2D eigenvalue weighted by atomic mass is 32.1. The number of thiazole rings is 1. The molecule has 112 valence electrons. The van der Waals surface area contributed by atoms with Crippen LogP contribution in [0, 0.1) is 0 Å². The molecular weight excluding hydrogens is 296 g/mol. The molecule has 0 fully saturated rings. The van der Waals surface area contributed by atoms with Gasteiger partial charge in [0.25, 0.3) is 0 Å². The Kier molecular flexibility index (Phi) is 4.34. The Bertz CT molecular complexity index is 766. The first kappa shape index (κ1) is 14.5. The standard InChI is InChI=1S/C17H16N2O2S/c20-16(21)8-10-19(17-18-9-11-22-17)12-14-6-3-5-13-4-1-2-7-15(13)14/h1-7,9,11H,8,10,12H2,(H,20,21). The molecule has 2 aromatic carbocycles. The quantitative estimate of drug-likeness (QED) is 0.752. The summed E-state index contributed by atoms with van der Waals surface area (Å²) in [6.45, 7) is 1.11. The minimum Gasteiger partial charge on any atom is -0.481 e. The lowest BCUT2D eigenvalue weighted by atomic mass is 10.0. The van der Waals surface area contributed by atoms with Gasteiger partial charge in [0.1, 0.15) is 0 Å².